The molecule has 0 saturated carbocycles. The van der Waals surface area contributed by atoms with Crippen molar-refractivity contribution in [2.24, 2.45) is 11.7 Å². The minimum Gasteiger partial charge on any atom is -0.470 e. The van der Waals surface area contributed by atoms with Gasteiger partial charge >= 0.3 is 0 Å². The number of imidazole rings is 1. The summed E-state index contributed by atoms with van der Waals surface area (Å²) in [6, 6.07) is 7.11. The first-order valence-electron chi connectivity index (χ1n) is 9.29. The maximum absolute atomic E-state index is 13.2. The van der Waals surface area contributed by atoms with Crippen molar-refractivity contribution in [3.8, 4) is 5.88 Å². The summed E-state index contributed by atoms with van der Waals surface area (Å²) in [4.78, 5) is 23.7. The van der Waals surface area contributed by atoms with E-state index in [1.807, 2.05) is 11.3 Å². The number of hydrazine groups is 2. The van der Waals surface area contributed by atoms with E-state index in [0.29, 0.717) is 29.3 Å². The Bertz CT molecular complexity index is 1040. The number of anilines is 1. The molecule has 0 bridgehead atoms. The highest BCUT2D eigenvalue weighted by Gasteiger charge is 2.32. The maximum Gasteiger partial charge on any atom is 0.258 e. The molecule has 1 unspecified atom stereocenters. The number of nitrogens with zero attached hydrogens (tertiary/aromatic N) is 5. The molecule has 1 aliphatic rings. The molecular weight excluding hydrogens is 438 g/mol. The van der Waals surface area contributed by atoms with Gasteiger partial charge in [-0.2, -0.15) is 0 Å². The first-order chi connectivity index (χ1) is 14.0. The zero-order valence-electron chi connectivity index (χ0n) is 15.9. The van der Waals surface area contributed by atoms with Gasteiger partial charge in [-0.3, -0.25) is 9.20 Å². The molecule has 1 fully saturated rings. The number of rotatable bonds is 4. The van der Waals surface area contributed by atoms with Crippen LogP contribution < -0.4 is 21.5 Å². The van der Waals surface area contributed by atoms with Crippen molar-refractivity contribution in [2.75, 3.05) is 11.7 Å². The molecule has 2 atom stereocenters. The third-order valence-corrected chi connectivity index (χ3v) is 5.73. The summed E-state index contributed by atoms with van der Waals surface area (Å²) < 4.78 is 8.82. The molecule has 1 aliphatic heterocycles. The third kappa shape index (κ3) is 3.78. The topological polar surface area (TPSA) is 115 Å². The van der Waals surface area contributed by atoms with Crippen LogP contribution in [0.2, 0.25) is 0 Å². The number of hydrogen-bond acceptors (Lipinski definition) is 7. The Balaban J connectivity index is 1.56. The monoisotopic (exact) mass is 459 g/mol. The highest BCUT2D eigenvalue weighted by atomic mass is 79.9. The average molecular weight is 460 g/mol. The molecule has 0 aliphatic carbocycles. The van der Waals surface area contributed by atoms with Crippen molar-refractivity contribution in [3.63, 3.8) is 0 Å². The lowest BCUT2D eigenvalue weighted by atomic mass is 9.99. The number of fused-ring (bicyclic) bond motifs is 1. The van der Waals surface area contributed by atoms with Crippen molar-refractivity contribution in [1.29, 1.82) is 0 Å². The molecule has 2 aromatic heterocycles. The highest BCUT2D eigenvalue weighted by Crippen LogP contribution is 2.27. The van der Waals surface area contributed by atoms with Crippen LogP contribution in [0.25, 0.3) is 5.65 Å². The Hall–Kier alpha value is -2.69. The molecule has 4 rings (SSSR count). The fourth-order valence-corrected chi connectivity index (χ4v) is 3.98. The van der Waals surface area contributed by atoms with Crippen LogP contribution in [0.4, 0.5) is 5.69 Å². The molecule has 152 valence electrons. The first-order valence-corrected chi connectivity index (χ1v) is 10.1. The van der Waals surface area contributed by atoms with Crippen molar-refractivity contribution >= 4 is 33.2 Å². The lowest BCUT2D eigenvalue weighted by molar-refractivity contribution is 0.0376. The second-order valence-electron chi connectivity index (χ2n) is 7.06. The lowest BCUT2D eigenvalue weighted by Crippen LogP contribution is -2.50. The molecule has 0 spiro atoms. The Morgan fingerprint density at radius 2 is 2.07 bits per heavy atom. The number of nitrogens with two attached hydrogens (primary N) is 2. The molecule has 1 aromatic carbocycles. The SMILES string of the molecule is C[C@@H]1CCC(Oc2nccn3c(Br)cnc23)CN1C(=O)c1ccccc1N(N)N. The van der Waals surface area contributed by atoms with Gasteiger partial charge in [0.2, 0.25) is 5.65 Å². The largest absolute Gasteiger partial charge is 0.470 e. The summed E-state index contributed by atoms with van der Waals surface area (Å²) in [5.41, 5.74) is 1.56. The van der Waals surface area contributed by atoms with Crippen molar-refractivity contribution in [2.45, 2.75) is 31.9 Å². The van der Waals surface area contributed by atoms with Gasteiger partial charge in [0.25, 0.3) is 11.8 Å². The number of aromatic nitrogens is 3. The van der Waals surface area contributed by atoms with Gasteiger partial charge in [0.05, 0.1) is 24.0 Å². The van der Waals surface area contributed by atoms with Gasteiger partial charge in [0, 0.05) is 18.4 Å². The van der Waals surface area contributed by atoms with Crippen LogP contribution >= 0.6 is 15.9 Å². The van der Waals surface area contributed by atoms with Crippen LogP contribution in [0.5, 0.6) is 5.88 Å². The molecule has 29 heavy (non-hydrogen) atoms. The van der Waals surface area contributed by atoms with Crippen molar-refractivity contribution in [3.05, 3.63) is 53.0 Å². The van der Waals surface area contributed by atoms with Crippen LogP contribution in [-0.2, 0) is 0 Å². The second-order valence-corrected chi connectivity index (χ2v) is 7.87. The summed E-state index contributed by atoms with van der Waals surface area (Å²) in [5, 5.41) is 0.969. The Labute approximate surface area is 176 Å². The first kappa shape index (κ1) is 19.6. The summed E-state index contributed by atoms with van der Waals surface area (Å²) in [6.07, 6.45) is 6.61. The normalized spacial score (nSPS) is 19.4. The van der Waals surface area contributed by atoms with Gasteiger partial charge < -0.3 is 9.64 Å². The molecule has 1 amide bonds. The number of amides is 1. The molecule has 10 heteroatoms. The molecule has 3 heterocycles. The van der Waals surface area contributed by atoms with Crippen molar-refractivity contribution < 1.29 is 9.53 Å². The quantitative estimate of drug-likeness (QED) is 0.453. The predicted molar refractivity (Wildman–Crippen MR) is 112 cm³/mol. The van der Waals surface area contributed by atoms with Crippen LogP contribution in [0.1, 0.15) is 30.1 Å². The predicted octanol–water partition coefficient (Wildman–Crippen LogP) is 2.12. The fraction of sp³-hybridized carbons (Fsp3) is 0.316. The van der Waals surface area contributed by atoms with E-state index < -0.39 is 0 Å². The zero-order valence-corrected chi connectivity index (χ0v) is 17.5. The number of carbonyl (C=O) groups is 1. The zero-order chi connectivity index (χ0) is 20.5. The number of benzene rings is 1. The van der Waals surface area contributed by atoms with E-state index in [-0.39, 0.29) is 18.1 Å². The van der Waals surface area contributed by atoms with Gasteiger partial charge in [-0.1, -0.05) is 12.1 Å². The van der Waals surface area contributed by atoms with Gasteiger partial charge in [-0.15, -0.1) is 0 Å². The van der Waals surface area contributed by atoms with Crippen molar-refractivity contribution in [1.82, 2.24) is 19.3 Å². The number of piperidine rings is 1. The van der Waals surface area contributed by atoms with Crippen LogP contribution in [0.3, 0.4) is 0 Å². The van der Waals surface area contributed by atoms with E-state index in [1.165, 1.54) is 0 Å². The van der Waals surface area contributed by atoms with Gasteiger partial charge in [-0.25, -0.2) is 26.8 Å². The molecular formula is C19H22BrN7O2. The molecule has 9 nitrogen and oxygen atoms in total. The molecule has 3 aromatic rings. The van der Waals surface area contributed by atoms with E-state index >= 15 is 0 Å². The number of para-hydroxylation sites is 1. The Morgan fingerprint density at radius 1 is 1.28 bits per heavy atom. The van der Waals surface area contributed by atoms with Crippen LogP contribution in [-0.4, -0.2) is 43.9 Å². The summed E-state index contributed by atoms with van der Waals surface area (Å²) in [6.45, 7) is 2.47. The van der Waals surface area contributed by atoms with Gasteiger partial charge in [0.15, 0.2) is 0 Å². The Morgan fingerprint density at radius 3 is 2.86 bits per heavy atom. The number of ether oxygens (including phenoxy) is 1. The molecule has 1 saturated heterocycles. The summed E-state index contributed by atoms with van der Waals surface area (Å²) >= 11 is 3.45. The van der Waals surface area contributed by atoms with Crippen LogP contribution in [0, 0.1) is 0 Å². The van der Waals surface area contributed by atoms with Crippen LogP contribution in [0.15, 0.2) is 47.5 Å². The third-order valence-electron chi connectivity index (χ3n) is 5.14. The highest BCUT2D eigenvalue weighted by molar-refractivity contribution is 9.10. The standard InChI is InChI=1S/C19H22BrN7O2/c1-12-6-7-13(29-18-17-24-10-16(20)25(17)9-8-23-18)11-26(12)19(28)14-4-2-3-5-15(14)27(21)22/h2-5,8-10,12-13H,6-7,11,21-22H2,1H3/t12-,13?/m1/s1. The number of halogens is 1. The lowest BCUT2D eigenvalue weighted by Gasteiger charge is -2.38. The minimum absolute atomic E-state index is 0.0729. The smallest absolute Gasteiger partial charge is 0.258 e. The Kier molecular flexibility index (Phi) is 5.39. The average Bonchev–Trinajstić information content (AvgIpc) is 3.11. The maximum atomic E-state index is 13.2. The van der Waals surface area contributed by atoms with Gasteiger partial charge in [-0.05, 0) is 47.8 Å². The minimum atomic E-state index is -0.191. The fourth-order valence-electron chi connectivity index (χ4n) is 3.59. The number of hydrogen-bond donors (Lipinski definition) is 2. The molecule has 4 N–H and O–H groups in total. The van der Waals surface area contributed by atoms with E-state index in [2.05, 4.69) is 25.9 Å². The molecule has 0 radical (unpaired) electrons. The van der Waals surface area contributed by atoms with Gasteiger partial charge in [0.1, 0.15) is 10.7 Å². The number of likely N-dealkylation sites (tertiary alicyclic amines) is 1. The van der Waals surface area contributed by atoms with E-state index in [4.69, 9.17) is 16.4 Å². The van der Waals surface area contributed by atoms with E-state index in [9.17, 15) is 4.79 Å². The summed E-state index contributed by atoms with van der Waals surface area (Å²) in [7, 11) is 0. The second kappa shape index (κ2) is 7.97. The van der Waals surface area contributed by atoms with E-state index in [1.54, 1.807) is 47.8 Å². The number of carbonyl (C=O) groups excluding carboxylic acids is 1. The summed E-state index contributed by atoms with van der Waals surface area (Å²) in [5.74, 6) is 11.7. The van der Waals surface area contributed by atoms with E-state index in [0.717, 1.165) is 22.6 Å².